The van der Waals surface area contributed by atoms with E-state index in [1.807, 2.05) is 25.1 Å². The van der Waals surface area contributed by atoms with Crippen molar-refractivity contribution in [1.82, 2.24) is 5.32 Å². The summed E-state index contributed by atoms with van der Waals surface area (Å²) in [6.07, 6.45) is 0. The molecule has 0 spiro atoms. The van der Waals surface area contributed by atoms with E-state index in [0.29, 0.717) is 53.7 Å². The maximum absolute atomic E-state index is 12.7. The van der Waals surface area contributed by atoms with Crippen molar-refractivity contribution in [3.05, 3.63) is 45.9 Å². The molecule has 0 radical (unpaired) electrons. The lowest BCUT2D eigenvalue weighted by atomic mass is 10.1. The summed E-state index contributed by atoms with van der Waals surface area (Å²) in [6.45, 7) is 3.99. The van der Waals surface area contributed by atoms with Crippen molar-refractivity contribution in [3.8, 4) is 23.0 Å². The zero-order valence-corrected chi connectivity index (χ0v) is 15.8. The Morgan fingerprint density at radius 1 is 0.923 bits per heavy atom. The summed E-state index contributed by atoms with van der Waals surface area (Å²) >= 11 is 3.44. The zero-order valence-electron chi connectivity index (χ0n) is 14.2. The number of nitrogens with one attached hydrogen (secondary N) is 1. The Morgan fingerprint density at radius 2 is 1.50 bits per heavy atom. The fourth-order valence-corrected chi connectivity index (χ4v) is 3.43. The molecule has 6 nitrogen and oxygen atoms in total. The SMILES string of the molecule is CC(NC(=O)c1cc2c(cc1Br)OCCO2)c1ccc2c(c1)OCCO2. The molecule has 0 saturated heterocycles. The summed E-state index contributed by atoms with van der Waals surface area (Å²) in [4.78, 5) is 12.7. The van der Waals surface area contributed by atoms with E-state index in [2.05, 4.69) is 21.2 Å². The summed E-state index contributed by atoms with van der Waals surface area (Å²) in [5.41, 5.74) is 1.44. The highest BCUT2D eigenvalue weighted by atomic mass is 79.9. The molecular weight excluding hydrogens is 402 g/mol. The van der Waals surface area contributed by atoms with Gasteiger partial charge in [0.25, 0.3) is 5.91 Å². The first-order valence-corrected chi connectivity index (χ1v) is 9.20. The number of ether oxygens (including phenoxy) is 4. The minimum atomic E-state index is -0.198. The van der Waals surface area contributed by atoms with Crippen LogP contribution in [0.15, 0.2) is 34.8 Å². The minimum absolute atomic E-state index is 0.196. The van der Waals surface area contributed by atoms with Gasteiger partial charge in [-0.1, -0.05) is 6.07 Å². The molecule has 1 unspecified atom stereocenters. The van der Waals surface area contributed by atoms with E-state index >= 15 is 0 Å². The van der Waals surface area contributed by atoms with E-state index in [4.69, 9.17) is 18.9 Å². The second-order valence-corrected chi connectivity index (χ2v) is 6.93. The third kappa shape index (κ3) is 3.31. The molecule has 0 fully saturated rings. The van der Waals surface area contributed by atoms with Crippen LogP contribution in [0.5, 0.6) is 23.0 Å². The van der Waals surface area contributed by atoms with Crippen molar-refractivity contribution in [3.63, 3.8) is 0 Å². The lowest BCUT2D eigenvalue weighted by Gasteiger charge is -2.22. The van der Waals surface area contributed by atoms with Crippen LogP contribution in [0.3, 0.4) is 0 Å². The van der Waals surface area contributed by atoms with Gasteiger partial charge in [-0.2, -0.15) is 0 Å². The van der Waals surface area contributed by atoms with Gasteiger partial charge in [-0.25, -0.2) is 0 Å². The third-order valence-corrected chi connectivity index (χ3v) is 4.95. The summed E-state index contributed by atoms with van der Waals surface area (Å²) in [5.74, 6) is 2.45. The number of fused-ring (bicyclic) bond motifs is 2. The van der Waals surface area contributed by atoms with E-state index in [0.717, 1.165) is 11.3 Å². The fourth-order valence-electron chi connectivity index (χ4n) is 2.92. The van der Waals surface area contributed by atoms with Crippen LogP contribution in [0.4, 0.5) is 0 Å². The third-order valence-electron chi connectivity index (χ3n) is 4.29. The van der Waals surface area contributed by atoms with Crippen LogP contribution in [0, 0.1) is 0 Å². The molecule has 7 heteroatoms. The average Bonchev–Trinajstić information content (AvgIpc) is 2.66. The van der Waals surface area contributed by atoms with Crippen LogP contribution < -0.4 is 24.3 Å². The van der Waals surface area contributed by atoms with Gasteiger partial charge < -0.3 is 24.3 Å². The number of amides is 1. The molecule has 0 bridgehead atoms. The van der Waals surface area contributed by atoms with Crippen LogP contribution in [0.25, 0.3) is 0 Å². The first kappa shape index (κ1) is 17.0. The average molecular weight is 420 g/mol. The molecule has 1 N–H and O–H groups in total. The molecule has 136 valence electrons. The van der Waals surface area contributed by atoms with Crippen molar-refractivity contribution in [2.75, 3.05) is 26.4 Å². The Kier molecular flexibility index (Phi) is 4.63. The molecule has 0 saturated carbocycles. The number of halogens is 1. The predicted molar refractivity (Wildman–Crippen MR) is 98.4 cm³/mol. The molecule has 2 aromatic carbocycles. The molecule has 2 heterocycles. The van der Waals surface area contributed by atoms with Crippen LogP contribution in [-0.2, 0) is 0 Å². The Bertz CT molecular complexity index is 854. The number of benzene rings is 2. The topological polar surface area (TPSA) is 66.0 Å². The lowest BCUT2D eigenvalue weighted by molar-refractivity contribution is 0.0937. The van der Waals surface area contributed by atoms with Crippen LogP contribution in [-0.4, -0.2) is 32.3 Å². The zero-order chi connectivity index (χ0) is 18.1. The van der Waals surface area contributed by atoms with Gasteiger partial charge in [0.2, 0.25) is 0 Å². The summed E-state index contributed by atoms with van der Waals surface area (Å²) in [7, 11) is 0. The highest BCUT2D eigenvalue weighted by Gasteiger charge is 2.21. The number of carbonyl (C=O) groups excluding carboxylic acids is 1. The van der Waals surface area contributed by atoms with Crippen molar-refractivity contribution in [2.45, 2.75) is 13.0 Å². The quantitative estimate of drug-likeness (QED) is 0.824. The van der Waals surface area contributed by atoms with Crippen LogP contribution in [0.1, 0.15) is 28.9 Å². The van der Waals surface area contributed by atoms with Crippen molar-refractivity contribution in [2.24, 2.45) is 0 Å². The number of rotatable bonds is 3. The largest absolute Gasteiger partial charge is 0.486 e. The fraction of sp³-hybridized carbons (Fsp3) is 0.316. The van der Waals surface area contributed by atoms with Gasteiger partial charge in [0.1, 0.15) is 26.4 Å². The first-order chi connectivity index (χ1) is 12.6. The van der Waals surface area contributed by atoms with E-state index in [-0.39, 0.29) is 11.9 Å². The summed E-state index contributed by atoms with van der Waals surface area (Å²) in [5, 5.41) is 3.01. The molecule has 1 atom stereocenters. The van der Waals surface area contributed by atoms with Crippen LogP contribution >= 0.6 is 15.9 Å². The molecular formula is C19H18BrNO5. The van der Waals surface area contributed by atoms with Crippen molar-refractivity contribution in [1.29, 1.82) is 0 Å². The number of carbonyl (C=O) groups is 1. The summed E-state index contributed by atoms with van der Waals surface area (Å²) in [6, 6.07) is 8.96. The van der Waals surface area contributed by atoms with Crippen molar-refractivity contribution >= 4 is 21.8 Å². The summed E-state index contributed by atoms with van der Waals surface area (Å²) < 4.78 is 22.9. The van der Waals surface area contributed by atoms with Gasteiger partial charge in [-0.05, 0) is 52.7 Å². The van der Waals surface area contributed by atoms with E-state index in [1.165, 1.54) is 0 Å². The Labute approximate surface area is 159 Å². The molecule has 2 aliphatic heterocycles. The Balaban J connectivity index is 1.52. The second-order valence-electron chi connectivity index (χ2n) is 6.07. The van der Waals surface area contributed by atoms with E-state index in [9.17, 15) is 4.79 Å². The van der Waals surface area contributed by atoms with Crippen molar-refractivity contribution < 1.29 is 23.7 Å². The minimum Gasteiger partial charge on any atom is -0.486 e. The molecule has 0 aromatic heterocycles. The van der Waals surface area contributed by atoms with Gasteiger partial charge in [-0.15, -0.1) is 0 Å². The second kappa shape index (κ2) is 7.07. The smallest absolute Gasteiger partial charge is 0.253 e. The number of hydrogen-bond donors (Lipinski definition) is 1. The molecule has 2 aliphatic rings. The van der Waals surface area contributed by atoms with E-state index in [1.54, 1.807) is 12.1 Å². The first-order valence-electron chi connectivity index (χ1n) is 8.41. The molecule has 0 aliphatic carbocycles. The molecule has 2 aromatic rings. The Morgan fingerprint density at radius 3 is 2.19 bits per heavy atom. The molecule has 4 rings (SSSR count). The maximum atomic E-state index is 12.7. The van der Waals surface area contributed by atoms with Gasteiger partial charge in [0.05, 0.1) is 11.6 Å². The normalized spacial score (nSPS) is 15.9. The van der Waals surface area contributed by atoms with E-state index < -0.39 is 0 Å². The highest BCUT2D eigenvalue weighted by Crippen LogP contribution is 2.36. The predicted octanol–water partition coefficient (Wildman–Crippen LogP) is 3.48. The molecule has 1 amide bonds. The highest BCUT2D eigenvalue weighted by molar-refractivity contribution is 9.10. The lowest BCUT2D eigenvalue weighted by Crippen LogP contribution is -2.27. The monoisotopic (exact) mass is 419 g/mol. The number of hydrogen-bond acceptors (Lipinski definition) is 5. The maximum Gasteiger partial charge on any atom is 0.253 e. The Hall–Kier alpha value is -2.41. The van der Waals surface area contributed by atoms with Gasteiger partial charge in [-0.3, -0.25) is 4.79 Å². The van der Waals surface area contributed by atoms with Gasteiger partial charge in [0.15, 0.2) is 23.0 Å². The van der Waals surface area contributed by atoms with Crippen LogP contribution in [0.2, 0.25) is 0 Å². The standard InChI is InChI=1S/C19H18BrNO5/c1-11(12-2-3-15-16(8-12)24-5-4-23-15)21-19(22)13-9-17-18(10-14(13)20)26-7-6-25-17/h2-3,8-11H,4-7H2,1H3,(H,21,22). The van der Waals surface area contributed by atoms with Gasteiger partial charge in [0, 0.05) is 4.47 Å². The van der Waals surface area contributed by atoms with Gasteiger partial charge >= 0.3 is 0 Å². The molecule has 26 heavy (non-hydrogen) atoms.